The van der Waals surface area contributed by atoms with Crippen LogP contribution in [-0.4, -0.2) is 36.8 Å². The van der Waals surface area contributed by atoms with Crippen LogP contribution < -0.4 is 0 Å². The lowest BCUT2D eigenvalue weighted by Gasteiger charge is -1.79. The monoisotopic (exact) mass is 120 g/mol. The van der Waals surface area contributed by atoms with Crippen LogP contribution in [0.4, 0.5) is 0 Å². The molecule has 0 aliphatic carbocycles. The summed E-state index contributed by atoms with van der Waals surface area (Å²) in [4.78, 5) is 0. The van der Waals surface area contributed by atoms with Crippen molar-refractivity contribution >= 4 is 31.1 Å². The van der Waals surface area contributed by atoms with Gasteiger partial charge in [-0.05, 0) is 0 Å². The topological polar surface area (TPSA) is 26.3 Å². The van der Waals surface area contributed by atoms with Gasteiger partial charge >= 0.3 is 23.1 Å². The standard InChI is InChI=1S/C2H7O2P.Mg.2H/c1-4-5(2)3;;;/h5H,1-2H3;;;. The van der Waals surface area contributed by atoms with Crippen LogP contribution in [0, 0.1) is 0 Å². The summed E-state index contributed by atoms with van der Waals surface area (Å²) >= 11 is 0. The Balaban J connectivity index is 0. The van der Waals surface area contributed by atoms with E-state index in [-0.39, 0.29) is 23.1 Å². The first-order valence-electron chi connectivity index (χ1n) is 1.32. The molecule has 0 aliphatic rings. The van der Waals surface area contributed by atoms with Crippen LogP contribution in [0.25, 0.3) is 0 Å². The molecule has 0 saturated carbocycles. The molecule has 1 atom stereocenters. The van der Waals surface area contributed by atoms with Gasteiger partial charge in [-0.15, -0.1) is 0 Å². The van der Waals surface area contributed by atoms with Crippen LogP contribution in [0.1, 0.15) is 0 Å². The Labute approximate surface area is 54.3 Å². The van der Waals surface area contributed by atoms with Crippen molar-refractivity contribution in [3.63, 3.8) is 0 Å². The molecular weight excluding hydrogens is 111 g/mol. The van der Waals surface area contributed by atoms with E-state index in [1.165, 1.54) is 7.11 Å². The molecule has 0 heterocycles. The fraction of sp³-hybridized carbons (Fsp3) is 1.00. The first kappa shape index (κ1) is 10.0. The van der Waals surface area contributed by atoms with E-state index in [0.717, 1.165) is 0 Å². The third-order valence-electron chi connectivity index (χ3n) is 0.287. The highest BCUT2D eigenvalue weighted by Crippen LogP contribution is 2.10. The molecule has 0 radical (unpaired) electrons. The Morgan fingerprint density at radius 3 is 1.83 bits per heavy atom. The molecule has 0 fully saturated rings. The largest absolute Gasteiger partial charge is 0.334 e. The number of hydrogen-bond acceptors (Lipinski definition) is 2. The summed E-state index contributed by atoms with van der Waals surface area (Å²) in [6.07, 6.45) is 0. The maximum atomic E-state index is 9.78. The maximum absolute atomic E-state index is 9.78. The summed E-state index contributed by atoms with van der Waals surface area (Å²) in [5.74, 6) is 0. The zero-order chi connectivity index (χ0) is 4.28. The molecule has 4 heteroatoms. The fourth-order valence-corrected chi connectivity index (χ4v) is 0. The van der Waals surface area contributed by atoms with Crippen LogP contribution in [0.15, 0.2) is 0 Å². The highest BCUT2D eigenvalue weighted by atomic mass is 31.1. The lowest BCUT2D eigenvalue weighted by molar-refractivity contribution is 0.419. The van der Waals surface area contributed by atoms with Gasteiger partial charge in [0.2, 0.25) is 0 Å². The summed E-state index contributed by atoms with van der Waals surface area (Å²) in [5.41, 5.74) is 0. The first-order chi connectivity index (χ1) is 2.27. The van der Waals surface area contributed by atoms with Crippen molar-refractivity contribution < 1.29 is 9.09 Å². The normalized spacial score (nSPS) is 12.3. The molecule has 6 heavy (non-hydrogen) atoms. The molecule has 0 bridgehead atoms. The molecule has 0 N–H and O–H groups in total. The minimum atomic E-state index is -1.62. The van der Waals surface area contributed by atoms with Crippen LogP contribution >= 0.6 is 8.03 Å². The predicted octanol–water partition coefficient (Wildman–Crippen LogP) is -0.179. The van der Waals surface area contributed by atoms with Crippen molar-refractivity contribution in [2.75, 3.05) is 13.8 Å². The zero-order valence-electron chi connectivity index (χ0n) is 3.32. The molecular formula is C2H9MgO2P. The highest BCUT2D eigenvalue weighted by Gasteiger charge is 1.72. The van der Waals surface area contributed by atoms with Gasteiger partial charge in [0.15, 0.2) is 8.03 Å². The molecule has 0 aliphatic heterocycles. The molecule has 0 aromatic carbocycles. The smallest absolute Gasteiger partial charge is 0.316 e. The van der Waals surface area contributed by atoms with E-state index in [0.29, 0.717) is 0 Å². The minimum Gasteiger partial charge on any atom is -0.334 e. The summed E-state index contributed by atoms with van der Waals surface area (Å²) in [6, 6.07) is 0. The van der Waals surface area contributed by atoms with E-state index < -0.39 is 8.03 Å². The van der Waals surface area contributed by atoms with Gasteiger partial charge in [-0.1, -0.05) is 0 Å². The second-order valence-corrected chi connectivity index (χ2v) is 2.09. The molecule has 0 saturated heterocycles. The van der Waals surface area contributed by atoms with Crippen LogP contribution in [0.3, 0.4) is 0 Å². The molecule has 2 nitrogen and oxygen atoms in total. The molecule has 0 spiro atoms. The molecule has 0 aromatic rings. The van der Waals surface area contributed by atoms with E-state index in [1.54, 1.807) is 6.66 Å². The second kappa shape index (κ2) is 5.96. The van der Waals surface area contributed by atoms with Crippen LogP contribution in [-0.2, 0) is 9.09 Å². The van der Waals surface area contributed by atoms with Gasteiger partial charge in [0.1, 0.15) is 0 Å². The molecule has 0 aromatic heterocycles. The van der Waals surface area contributed by atoms with Crippen molar-refractivity contribution in [1.29, 1.82) is 0 Å². The molecule has 36 valence electrons. The van der Waals surface area contributed by atoms with Crippen molar-refractivity contribution in [1.82, 2.24) is 0 Å². The SMILES string of the molecule is CO[PH](C)=O.[MgH2]. The van der Waals surface area contributed by atoms with Gasteiger partial charge in [-0.25, -0.2) is 0 Å². The maximum Gasteiger partial charge on any atom is 0.316 e. The summed E-state index contributed by atoms with van der Waals surface area (Å²) in [7, 11) is -0.192. The Kier molecular flexibility index (Phi) is 9.97. The van der Waals surface area contributed by atoms with Crippen molar-refractivity contribution in [2.24, 2.45) is 0 Å². The molecule has 1 unspecified atom stereocenters. The Hall–Kier alpha value is 0.956. The van der Waals surface area contributed by atoms with Crippen molar-refractivity contribution in [3.05, 3.63) is 0 Å². The van der Waals surface area contributed by atoms with Gasteiger partial charge in [-0.2, -0.15) is 0 Å². The van der Waals surface area contributed by atoms with Crippen molar-refractivity contribution in [2.45, 2.75) is 0 Å². The average Bonchev–Trinajstić information content (AvgIpc) is 1.38. The Bertz CT molecular complexity index is 46.8. The van der Waals surface area contributed by atoms with Crippen LogP contribution in [0.2, 0.25) is 0 Å². The second-order valence-electron chi connectivity index (χ2n) is 0.696. The molecule has 0 rings (SSSR count). The minimum absolute atomic E-state index is 0. The fourth-order valence-electron chi connectivity index (χ4n) is 0. The number of rotatable bonds is 1. The molecule has 0 amide bonds. The van der Waals surface area contributed by atoms with E-state index >= 15 is 0 Å². The van der Waals surface area contributed by atoms with E-state index in [4.69, 9.17) is 0 Å². The van der Waals surface area contributed by atoms with Crippen LogP contribution in [0.5, 0.6) is 0 Å². The Morgan fingerprint density at radius 1 is 1.67 bits per heavy atom. The highest BCUT2D eigenvalue weighted by molar-refractivity contribution is 7.38. The third kappa shape index (κ3) is 8.88. The van der Waals surface area contributed by atoms with Gasteiger partial charge in [0, 0.05) is 13.8 Å². The average molecular weight is 120 g/mol. The lowest BCUT2D eigenvalue weighted by Crippen LogP contribution is -1.56. The van der Waals surface area contributed by atoms with E-state index in [1.807, 2.05) is 0 Å². The third-order valence-corrected chi connectivity index (χ3v) is 0.862. The zero-order valence-corrected chi connectivity index (χ0v) is 4.32. The number of hydrogen-bond donors (Lipinski definition) is 0. The van der Waals surface area contributed by atoms with Gasteiger partial charge in [0.05, 0.1) is 0 Å². The predicted molar refractivity (Wildman–Crippen MR) is 30.5 cm³/mol. The first-order valence-corrected chi connectivity index (χ1v) is 3.13. The lowest BCUT2D eigenvalue weighted by atomic mass is 11.8. The Morgan fingerprint density at radius 2 is 1.83 bits per heavy atom. The van der Waals surface area contributed by atoms with Gasteiger partial charge < -0.3 is 4.52 Å². The summed E-state index contributed by atoms with van der Waals surface area (Å²) in [5, 5.41) is 0. The summed E-state index contributed by atoms with van der Waals surface area (Å²) < 4.78 is 14.1. The summed E-state index contributed by atoms with van der Waals surface area (Å²) in [6.45, 7) is 1.55. The van der Waals surface area contributed by atoms with Crippen molar-refractivity contribution in [3.8, 4) is 0 Å². The van der Waals surface area contributed by atoms with E-state index in [2.05, 4.69) is 4.52 Å². The van der Waals surface area contributed by atoms with Gasteiger partial charge in [-0.3, -0.25) is 4.57 Å². The van der Waals surface area contributed by atoms with E-state index in [9.17, 15) is 4.57 Å². The van der Waals surface area contributed by atoms with Gasteiger partial charge in [0.25, 0.3) is 0 Å². The quantitative estimate of drug-likeness (QED) is 0.354.